The molecule has 0 aliphatic rings. The number of amides is 1. The molecule has 0 saturated heterocycles. The fraction of sp³-hybridized carbons (Fsp3) is 0.692. The Hall–Kier alpha value is -1.49. The Morgan fingerprint density at radius 2 is 1.52 bits per heavy atom. The molecular formula is C26H44NO3S+. The maximum absolute atomic E-state index is 12.2. The number of carbonyl (C=O) groups excluding carboxylic acids is 1. The van der Waals surface area contributed by atoms with E-state index in [1.54, 1.807) is 0 Å². The molecule has 2 atom stereocenters. The van der Waals surface area contributed by atoms with Crippen molar-refractivity contribution in [1.29, 1.82) is 0 Å². The molecule has 0 spiro atoms. The van der Waals surface area contributed by atoms with Crippen molar-refractivity contribution in [1.82, 2.24) is 5.32 Å². The summed E-state index contributed by atoms with van der Waals surface area (Å²) in [5, 5.41) is 12.2. The summed E-state index contributed by atoms with van der Waals surface area (Å²) in [6.45, 7) is 2.23. The Morgan fingerprint density at radius 3 is 2.13 bits per heavy atom. The Kier molecular flexibility index (Phi) is 16.1. The van der Waals surface area contributed by atoms with Crippen LogP contribution in [0.2, 0.25) is 0 Å². The molecule has 1 aromatic rings. The Balaban J connectivity index is 2.13. The SMILES string of the molecule is CCCCCCCCCCCC(=O)N[C@H](CC[S+](C)CCCc1ccccc1)C(=O)O. The highest BCUT2D eigenvalue weighted by Gasteiger charge is 2.23. The summed E-state index contributed by atoms with van der Waals surface area (Å²) < 4.78 is 0. The van der Waals surface area contributed by atoms with E-state index in [1.807, 2.05) is 6.07 Å². The smallest absolute Gasteiger partial charge is 0.326 e. The average Bonchev–Trinajstić information content (AvgIpc) is 2.76. The van der Waals surface area contributed by atoms with Gasteiger partial charge in [-0.15, -0.1) is 0 Å². The first-order chi connectivity index (χ1) is 15.0. The van der Waals surface area contributed by atoms with Crippen molar-refractivity contribution < 1.29 is 14.7 Å². The van der Waals surface area contributed by atoms with Crippen LogP contribution in [0.15, 0.2) is 30.3 Å². The fourth-order valence-electron chi connectivity index (χ4n) is 3.71. The summed E-state index contributed by atoms with van der Waals surface area (Å²) in [5.74, 6) is 0.926. The van der Waals surface area contributed by atoms with Crippen LogP contribution in [0.3, 0.4) is 0 Å². The van der Waals surface area contributed by atoms with Crippen LogP contribution in [-0.4, -0.2) is 40.8 Å². The van der Waals surface area contributed by atoms with Gasteiger partial charge in [-0.1, -0.05) is 88.6 Å². The van der Waals surface area contributed by atoms with Crippen LogP contribution >= 0.6 is 0 Å². The van der Waals surface area contributed by atoms with Gasteiger partial charge in [0, 0.05) is 12.8 Å². The number of carboxylic acids is 1. The molecular weight excluding hydrogens is 406 g/mol. The molecule has 0 aliphatic heterocycles. The Bertz CT molecular complexity index is 594. The molecule has 5 heteroatoms. The lowest BCUT2D eigenvalue weighted by molar-refractivity contribution is -0.141. The minimum Gasteiger partial charge on any atom is -0.480 e. The molecule has 0 saturated carbocycles. The van der Waals surface area contributed by atoms with Crippen molar-refractivity contribution in [2.45, 2.75) is 96.4 Å². The molecule has 1 amide bonds. The van der Waals surface area contributed by atoms with Gasteiger partial charge in [0.1, 0.15) is 17.5 Å². The second kappa shape index (κ2) is 18.1. The van der Waals surface area contributed by atoms with E-state index in [1.165, 1.54) is 50.5 Å². The van der Waals surface area contributed by atoms with Crippen molar-refractivity contribution in [2.75, 3.05) is 17.8 Å². The van der Waals surface area contributed by atoms with Gasteiger partial charge >= 0.3 is 5.97 Å². The van der Waals surface area contributed by atoms with Crippen LogP contribution in [0.1, 0.15) is 89.5 Å². The van der Waals surface area contributed by atoms with Gasteiger partial charge < -0.3 is 10.4 Å². The molecule has 0 aliphatic carbocycles. The van der Waals surface area contributed by atoms with E-state index < -0.39 is 12.0 Å². The first-order valence-electron chi connectivity index (χ1n) is 12.2. The van der Waals surface area contributed by atoms with Crippen molar-refractivity contribution in [2.24, 2.45) is 0 Å². The predicted octanol–water partition coefficient (Wildman–Crippen LogP) is 5.75. The number of aryl methyl sites for hydroxylation is 1. The fourth-order valence-corrected chi connectivity index (χ4v) is 5.19. The molecule has 31 heavy (non-hydrogen) atoms. The van der Waals surface area contributed by atoms with Crippen LogP contribution in [0.5, 0.6) is 0 Å². The summed E-state index contributed by atoms with van der Waals surface area (Å²) in [6.07, 6.45) is 16.2. The summed E-state index contributed by atoms with van der Waals surface area (Å²) >= 11 is 0. The minimum absolute atomic E-state index is 0.115. The maximum Gasteiger partial charge on any atom is 0.326 e. The number of unbranched alkanes of at least 4 members (excludes halogenated alkanes) is 8. The molecule has 2 N–H and O–H groups in total. The van der Waals surface area contributed by atoms with E-state index in [4.69, 9.17) is 0 Å². The number of benzene rings is 1. The average molecular weight is 451 g/mol. The van der Waals surface area contributed by atoms with E-state index in [9.17, 15) is 14.7 Å². The van der Waals surface area contributed by atoms with Crippen LogP contribution < -0.4 is 5.32 Å². The van der Waals surface area contributed by atoms with Crippen molar-refractivity contribution in [3.63, 3.8) is 0 Å². The lowest BCUT2D eigenvalue weighted by atomic mass is 10.1. The van der Waals surface area contributed by atoms with E-state index in [0.29, 0.717) is 12.8 Å². The van der Waals surface area contributed by atoms with Crippen molar-refractivity contribution in [3.05, 3.63) is 35.9 Å². The zero-order valence-corrected chi connectivity index (χ0v) is 20.6. The Labute approximate surface area is 192 Å². The van der Waals surface area contributed by atoms with Crippen molar-refractivity contribution in [3.8, 4) is 0 Å². The molecule has 0 radical (unpaired) electrons. The molecule has 0 heterocycles. The monoisotopic (exact) mass is 450 g/mol. The number of aliphatic carboxylic acids is 1. The molecule has 0 fully saturated rings. The van der Waals surface area contributed by atoms with E-state index in [0.717, 1.165) is 37.2 Å². The second-order valence-electron chi connectivity index (χ2n) is 8.60. The van der Waals surface area contributed by atoms with Crippen LogP contribution in [0.4, 0.5) is 0 Å². The van der Waals surface area contributed by atoms with Gasteiger partial charge in [0.2, 0.25) is 5.91 Å². The van der Waals surface area contributed by atoms with Crippen molar-refractivity contribution >= 4 is 22.8 Å². The third-order valence-corrected chi connectivity index (χ3v) is 7.61. The van der Waals surface area contributed by atoms with Crippen LogP contribution in [-0.2, 0) is 26.9 Å². The summed E-state index contributed by atoms with van der Waals surface area (Å²) in [7, 11) is 0.177. The van der Waals surface area contributed by atoms with E-state index in [2.05, 4.69) is 42.8 Å². The molecule has 0 bridgehead atoms. The molecule has 1 rings (SSSR count). The highest BCUT2D eigenvalue weighted by atomic mass is 32.2. The highest BCUT2D eigenvalue weighted by Crippen LogP contribution is 2.11. The number of nitrogens with one attached hydrogen (secondary N) is 1. The van der Waals surface area contributed by atoms with Gasteiger partial charge in [-0.3, -0.25) is 4.79 Å². The second-order valence-corrected chi connectivity index (χ2v) is 11.0. The number of hydrogen-bond acceptors (Lipinski definition) is 2. The molecule has 4 nitrogen and oxygen atoms in total. The zero-order valence-electron chi connectivity index (χ0n) is 19.7. The van der Waals surface area contributed by atoms with E-state index in [-0.39, 0.29) is 16.8 Å². The van der Waals surface area contributed by atoms with Crippen LogP contribution in [0.25, 0.3) is 0 Å². The summed E-state index contributed by atoms with van der Waals surface area (Å²) in [6, 6.07) is 9.71. The predicted molar refractivity (Wildman–Crippen MR) is 134 cm³/mol. The number of hydrogen-bond donors (Lipinski definition) is 2. The van der Waals surface area contributed by atoms with E-state index >= 15 is 0 Å². The lowest BCUT2D eigenvalue weighted by Gasteiger charge is -2.14. The highest BCUT2D eigenvalue weighted by molar-refractivity contribution is 7.96. The number of carboxylic acid groups (broad SMARTS) is 1. The quantitative estimate of drug-likeness (QED) is 0.208. The first kappa shape index (κ1) is 27.5. The number of carbonyl (C=O) groups is 2. The van der Waals surface area contributed by atoms with Gasteiger partial charge in [0.15, 0.2) is 0 Å². The zero-order chi connectivity index (χ0) is 22.7. The minimum atomic E-state index is -0.915. The third kappa shape index (κ3) is 15.0. The third-order valence-electron chi connectivity index (χ3n) is 5.70. The number of rotatable bonds is 19. The molecule has 1 aromatic carbocycles. The van der Waals surface area contributed by atoms with Gasteiger partial charge in [-0.25, -0.2) is 4.79 Å². The van der Waals surface area contributed by atoms with Crippen LogP contribution in [0, 0.1) is 0 Å². The van der Waals surface area contributed by atoms with Gasteiger partial charge in [-0.05, 0) is 35.7 Å². The summed E-state index contributed by atoms with van der Waals surface area (Å²) in [5.41, 5.74) is 1.35. The lowest BCUT2D eigenvalue weighted by Crippen LogP contribution is -2.41. The molecule has 0 aromatic heterocycles. The van der Waals surface area contributed by atoms with Gasteiger partial charge in [-0.2, -0.15) is 0 Å². The normalized spacial score (nSPS) is 13.0. The topological polar surface area (TPSA) is 66.4 Å². The van der Waals surface area contributed by atoms with Gasteiger partial charge in [0.25, 0.3) is 0 Å². The molecule has 176 valence electrons. The molecule has 1 unspecified atom stereocenters. The largest absolute Gasteiger partial charge is 0.480 e. The van der Waals surface area contributed by atoms with Gasteiger partial charge in [0.05, 0.1) is 6.26 Å². The Morgan fingerprint density at radius 1 is 0.903 bits per heavy atom. The summed E-state index contributed by atoms with van der Waals surface area (Å²) in [4.78, 5) is 23.7. The maximum atomic E-state index is 12.2. The standard InChI is InChI=1S/C26H43NO3S/c1-3-4-5-6-7-8-9-10-14-19-25(28)27-24(26(29)30)20-22-31(2)21-15-18-23-16-12-11-13-17-23/h11-13,16-17,24H,3-10,14-15,18-22H2,1-2H3,(H-,27,28,29,30)/p+1/t24-,31?/m1/s1. The first-order valence-corrected chi connectivity index (χ1v) is 14.1.